The van der Waals surface area contributed by atoms with E-state index in [0.717, 1.165) is 0 Å². The highest BCUT2D eigenvalue weighted by Gasteiger charge is 2.32. The van der Waals surface area contributed by atoms with Gasteiger partial charge in [0.25, 0.3) is 0 Å². The molecular weight excluding hydrogens is 411 g/mol. The van der Waals surface area contributed by atoms with Gasteiger partial charge in [-0.25, -0.2) is 0 Å². The number of halogens is 1. The molecule has 2 atom stereocenters. The molecule has 0 radical (unpaired) electrons. The molecule has 1 heterocycles. The molecule has 0 N–H and O–H groups in total. The fourth-order valence-electron chi connectivity index (χ4n) is 2.02. The van der Waals surface area contributed by atoms with Crippen LogP contribution in [0.3, 0.4) is 0 Å². The van der Waals surface area contributed by atoms with Crippen molar-refractivity contribution < 1.29 is 23.7 Å². The highest BCUT2D eigenvalue weighted by Crippen LogP contribution is 2.33. The highest BCUT2D eigenvalue weighted by molar-refractivity contribution is 14.1. The van der Waals surface area contributed by atoms with E-state index in [0.29, 0.717) is 23.7 Å². The molecule has 0 bridgehead atoms. The summed E-state index contributed by atoms with van der Waals surface area (Å²) in [5.74, 6) is 1.15. The van der Waals surface area contributed by atoms with E-state index in [1.165, 1.54) is 0 Å². The zero-order valence-corrected chi connectivity index (χ0v) is 15.7. The first-order valence-corrected chi connectivity index (χ1v) is 8.54. The van der Waals surface area contributed by atoms with Gasteiger partial charge >= 0.3 is 0 Å². The number of ether oxygens (including phenoxy) is 4. The minimum Gasteiger partial charge on any atom is -0.454 e. The molecule has 6 heteroatoms. The fraction of sp³-hybridized carbons (Fsp3) is 0.471. The van der Waals surface area contributed by atoms with Crippen LogP contribution < -0.4 is 9.47 Å². The van der Waals surface area contributed by atoms with E-state index >= 15 is 0 Å². The number of benzene rings is 1. The SMILES string of the molecule is C=CCO[C@@H](OC(C)(C)C)[C@@H](I)C(=O)c1ccc2c(c1)OCO2. The maximum absolute atomic E-state index is 12.7. The zero-order chi connectivity index (χ0) is 17.0. The van der Waals surface area contributed by atoms with Crippen molar-refractivity contribution in [2.45, 2.75) is 36.6 Å². The predicted octanol–water partition coefficient (Wildman–Crippen LogP) is 3.75. The minimum atomic E-state index is -0.661. The summed E-state index contributed by atoms with van der Waals surface area (Å²) in [6.07, 6.45) is 0.972. The zero-order valence-electron chi connectivity index (χ0n) is 13.5. The van der Waals surface area contributed by atoms with Crippen molar-refractivity contribution in [2.75, 3.05) is 13.4 Å². The maximum atomic E-state index is 12.7. The Morgan fingerprint density at radius 3 is 2.74 bits per heavy atom. The van der Waals surface area contributed by atoms with Crippen LogP contribution in [0.15, 0.2) is 30.9 Å². The normalized spacial score (nSPS) is 16.0. The van der Waals surface area contributed by atoms with E-state index in [1.807, 2.05) is 20.8 Å². The molecule has 2 rings (SSSR count). The van der Waals surface area contributed by atoms with E-state index in [2.05, 4.69) is 29.2 Å². The van der Waals surface area contributed by atoms with Gasteiger partial charge in [0.1, 0.15) is 3.92 Å². The van der Waals surface area contributed by atoms with Crippen molar-refractivity contribution in [3.05, 3.63) is 36.4 Å². The number of carbonyl (C=O) groups excluding carboxylic acids is 1. The Morgan fingerprint density at radius 2 is 2.09 bits per heavy atom. The van der Waals surface area contributed by atoms with Gasteiger partial charge in [0.05, 0.1) is 12.2 Å². The average Bonchev–Trinajstić information content (AvgIpc) is 2.96. The Morgan fingerprint density at radius 1 is 1.39 bits per heavy atom. The number of ketones is 1. The second-order valence-electron chi connectivity index (χ2n) is 6.05. The van der Waals surface area contributed by atoms with Gasteiger partial charge in [-0.2, -0.15) is 0 Å². The lowest BCUT2D eigenvalue weighted by Crippen LogP contribution is -2.39. The molecule has 1 aliphatic heterocycles. The Bertz CT molecular complexity index is 579. The standard InChI is InChI=1S/C17H21IO5/c1-5-8-20-16(23-17(2,3)4)14(18)15(19)11-6-7-12-13(9-11)22-10-21-12/h5-7,9,14,16H,1,8,10H2,2-4H3/t14-,16-/m0/s1. The van der Waals surface area contributed by atoms with Crippen LogP contribution in [0.1, 0.15) is 31.1 Å². The first kappa shape index (κ1) is 18.2. The topological polar surface area (TPSA) is 54.0 Å². The molecule has 0 spiro atoms. The molecule has 0 aromatic heterocycles. The van der Waals surface area contributed by atoms with Gasteiger partial charge in [-0.1, -0.05) is 28.7 Å². The lowest BCUT2D eigenvalue weighted by Gasteiger charge is -2.29. The number of Topliss-reactive ketones (excluding diaryl/α,β-unsaturated/α-hetero) is 1. The lowest BCUT2D eigenvalue weighted by molar-refractivity contribution is -0.182. The maximum Gasteiger partial charge on any atom is 0.231 e. The first-order chi connectivity index (χ1) is 10.8. The Labute approximate surface area is 150 Å². The van der Waals surface area contributed by atoms with Crippen molar-refractivity contribution in [1.29, 1.82) is 0 Å². The molecule has 0 aliphatic carbocycles. The molecule has 0 fully saturated rings. The third kappa shape index (κ3) is 4.92. The van der Waals surface area contributed by atoms with Crippen LogP contribution in [-0.4, -0.2) is 35.0 Å². The molecule has 23 heavy (non-hydrogen) atoms. The molecular formula is C17H21IO5. The molecule has 5 nitrogen and oxygen atoms in total. The third-order valence-electron chi connectivity index (χ3n) is 2.99. The van der Waals surface area contributed by atoms with Gasteiger partial charge in [-0.3, -0.25) is 4.79 Å². The largest absolute Gasteiger partial charge is 0.454 e. The predicted molar refractivity (Wildman–Crippen MR) is 95.5 cm³/mol. The number of hydrogen-bond donors (Lipinski definition) is 0. The van der Waals surface area contributed by atoms with Crippen LogP contribution in [0, 0.1) is 0 Å². The van der Waals surface area contributed by atoms with E-state index in [1.54, 1.807) is 24.3 Å². The van der Waals surface area contributed by atoms with Gasteiger partial charge in [0.2, 0.25) is 6.79 Å². The van der Waals surface area contributed by atoms with Crippen LogP contribution in [0.2, 0.25) is 0 Å². The summed E-state index contributed by atoms with van der Waals surface area (Å²) in [5, 5.41) is 0. The summed E-state index contributed by atoms with van der Waals surface area (Å²) in [6, 6.07) is 5.16. The number of rotatable bonds is 7. The van der Waals surface area contributed by atoms with E-state index < -0.39 is 15.8 Å². The van der Waals surface area contributed by atoms with Gasteiger partial charge in [0, 0.05) is 5.56 Å². The summed E-state index contributed by atoms with van der Waals surface area (Å²) in [5.41, 5.74) is 0.114. The minimum absolute atomic E-state index is 0.0813. The fourth-order valence-corrected chi connectivity index (χ4v) is 2.74. The van der Waals surface area contributed by atoms with Crippen molar-refractivity contribution >= 4 is 28.4 Å². The molecule has 0 amide bonds. The van der Waals surface area contributed by atoms with Gasteiger partial charge < -0.3 is 18.9 Å². The van der Waals surface area contributed by atoms with Crippen molar-refractivity contribution in [2.24, 2.45) is 0 Å². The number of alkyl halides is 1. The van der Waals surface area contributed by atoms with Gasteiger partial charge in [-0.15, -0.1) is 6.58 Å². The highest BCUT2D eigenvalue weighted by atomic mass is 127. The summed E-state index contributed by atoms with van der Waals surface area (Å²) in [4.78, 5) is 12.7. The van der Waals surface area contributed by atoms with Crippen LogP contribution in [0.25, 0.3) is 0 Å². The van der Waals surface area contributed by atoms with Gasteiger partial charge in [0.15, 0.2) is 23.6 Å². The van der Waals surface area contributed by atoms with Crippen LogP contribution in [-0.2, 0) is 9.47 Å². The van der Waals surface area contributed by atoms with E-state index in [-0.39, 0.29) is 12.6 Å². The quantitative estimate of drug-likeness (QED) is 0.216. The van der Waals surface area contributed by atoms with Gasteiger partial charge in [-0.05, 0) is 39.0 Å². The summed E-state index contributed by atoms with van der Waals surface area (Å²) in [7, 11) is 0. The Balaban J connectivity index is 2.15. The van der Waals surface area contributed by atoms with Crippen LogP contribution in [0.5, 0.6) is 11.5 Å². The second-order valence-corrected chi connectivity index (χ2v) is 7.40. The molecule has 1 aromatic carbocycles. The molecule has 0 unspecified atom stereocenters. The average molecular weight is 432 g/mol. The molecule has 1 aromatic rings. The molecule has 0 saturated heterocycles. The summed E-state index contributed by atoms with van der Waals surface area (Å²) >= 11 is 2.05. The Kier molecular flexibility index (Phi) is 6.05. The molecule has 1 aliphatic rings. The monoisotopic (exact) mass is 432 g/mol. The van der Waals surface area contributed by atoms with E-state index in [4.69, 9.17) is 18.9 Å². The number of carbonyl (C=O) groups is 1. The summed E-state index contributed by atoms with van der Waals surface area (Å²) in [6.45, 7) is 9.89. The lowest BCUT2D eigenvalue weighted by atomic mass is 10.1. The second kappa shape index (κ2) is 7.63. The van der Waals surface area contributed by atoms with E-state index in [9.17, 15) is 4.79 Å². The number of hydrogen-bond acceptors (Lipinski definition) is 5. The van der Waals surface area contributed by atoms with Crippen LogP contribution >= 0.6 is 22.6 Å². The first-order valence-electron chi connectivity index (χ1n) is 7.30. The molecule has 0 saturated carbocycles. The molecule has 126 valence electrons. The Hall–Kier alpha value is -1.12. The van der Waals surface area contributed by atoms with Crippen LogP contribution in [0.4, 0.5) is 0 Å². The van der Waals surface area contributed by atoms with Crippen molar-refractivity contribution in [3.8, 4) is 11.5 Å². The van der Waals surface area contributed by atoms with Crippen molar-refractivity contribution in [3.63, 3.8) is 0 Å². The third-order valence-corrected chi connectivity index (χ3v) is 4.15. The van der Waals surface area contributed by atoms with Crippen molar-refractivity contribution in [1.82, 2.24) is 0 Å². The summed E-state index contributed by atoms with van der Waals surface area (Å²) < 4.78 is 21.6. The number of fused-ring (bicyclic) bond motifs is 1. The smallest absolute Gasteiger partial charge is 0.231 e.